The average Bonchev–Trinajstić information content (AvgIpc) is 2.41. The molecule has 0 spiro atoms. The molecule has 0 radical (unpaired) electrons. The monoisotopic (exact) mass is 295 g/mol. The SMILES string of the molecule is COc1ccc(C(N)Cc2ccccc2Cl)cc1Cl. The van der Waals surface area contributed by atoms with Crippen LogP contribution in [0.15, 0.2) is 42.5 Å². The van der Waals surface area contributed by atoms with E-state index in [0.717, 1.165) is 16.1 Å². The Morgan fingerprint density at radius 2 is 1.84 bits per heavy atom. The van der Waals surface area contributed by atoms with Gasteiger partial charge in [0.15, 0.2) is 0 Å². The molecule has 0 bridgehead atoms. The normalized spacial score (nSPS) is 12.2. The van der Waals surface area contributed by atoms with E-state index in [4.69, 9.17) is 33.7 Å². The molecule has 0 saturated carbocycles. The summed E-state index contributed by atoms with van der Waals surface area (Å²) in [6, 6.07) is 13.1. The zero-order valence-corrected chi connectivity index (χ0v) is 12.1. The molecule has 0 aliphatic carbocycles. The highest BCUT2D eigenvalue weighted by atomic mass is 35.5. The van der Waals surface area contributed by atoms with Crippen LogP contribution in [0.1, 0.15) is 17.2 Å². The highest BCUT2D eigenvalue weighted by molar-refractivity contribution is 6.32. The van der Waals surface area contributed by atoms with Crippen LogP contribution in [0, 0.1) is 0 Å². The quantitative estimate of drug-likeness (QED) is 0.915. The van der Waals surface area contributed by atoms with E-state index in [-0.39, 0.29) is 6.04 Å². The van der Waals surface area contributed by atoms with Gasteiger partial charge in [-0.15, -0.1) is 0 Å². The predicted octanol–water partition coefficient (Wildman–Crippen LogP) is 4.24. The van der Waals surface area contributed by atoms with Gasteiger partial charge in [-0.1, -0.05) is 47.5 Å². The number of hydrogen-bond acceptors (Lipinski definition) is 2. The van der Waals surface area contributed by atoms with Crippen LogP contribution in [0.25, 0.3) is 0 Å². The third kappa shape index (κ3) is 3.41. The van der Waals surface area contributed by atoms with Gasteiger partial charge in [-0.05, 0) is 35.7 Å². The first-order valence-electron chi connectivity index (χ1n) is 5.94. The third-order valence-corrected chi connectivity index (χ3v) is 3.67. The fourth-order valence-corrected chi connectivity index (χ4v) is 2.41. The van der Waals surface area contributed by atoms with Gasteiger partial charge in [-0.2, -0.15) is 0 Å². The van der Waals surface area contributed by atoms with Crippen LogP contribution in [0.3, 0.4) is 0 Å². The number of hydrogen-bond donors (Lipinski definition) is 1. The number of ether oxygens (including phenoxy) is 1. The largest absolute Gasteiger partial charge is 0.495 e. The van der Waals surface area contributed by atoms with E-state index in [1.807, 2.05) is 42.5 Å². The summed E-state index contributed by atoms with van der Waals surface area (Å²) in [5.74, 6) is 0.648. The molecule has 2 N–H and O–H groups in total. The van der Waals surface area contributed by atoms with Gasteiger partial charge in [0.2, 0.25) is 0 Å². The van der Waals surface area contributed by atoms with E-state index >= 15 is 0 Å². The average molecular weight is 296 g/mol. The molecule has 0 aliphatic rings. The first kappa shape index (κ1) is 14.2. The van der Waals surface area contributed by atoms with Crippen LogP contribution < -0.4 is 10.5 Å². The van der Waals surface area contributed by atoms with Crippen molar-refractivity contribution < 1.29 is 4.74 Å². The first-order chi connectivity index (χ1) is 9.11. The molecule has 19 heavy (non-hydrogen) atoms. The zero-order valence-electron chi connectivity index (χ0n) is 10.6. The Hall–Kier alpha value is -1.22. The summed E-state index contributed by atoms with van der Waals surface area (Å²) in [5, 5.41) is 1.30. The van der Waals surface area contributed by atoms with Crippen LogP contribution in [0.4, 0.5) is 0 Å². The Kier molecular flexibility index (Phi) is 4.70. The van der Waals surface area contributed by atoms with Crippen LogP contribution in [0.5, 0.6) is 5.75 Å². The van der Waals surface area contributed by atoms with Crippen LogP contribution in [-0.2, 0) is 6.42 Å². The standard InChI is InChI=1S/C15H15Cl2NO/c1-19-15-7-6-11(8-13(15)17)14(18)9-10-4-2-3-5-12(10)16/h2-8,14H,9,18H2,1H3. The molecule has 100 valence electrons. The molecule has 0 amide bonds. The van der Waals surface area contributed by atoms with Gasteiger partial charge in [0.1, 0.15) is 5.75 Å². The summed E-state index contributed by atoms with van der Waals surface area (Å²) >= 11 is 12.2. The summed E-state index contributed by atoms with van der Waals surface area (Å²) in [6.45, 7) is 0. The van der Waals surface area contributed by atoms with Crippen molar-refractivity contribution in [3.05, 3.63) is 63.6 Å². The molecular formula is C15H15Cl2NO. The van der Waals surface area contributed by atoms with Gasteiger partial charge in [0.05, 0.1) is 12.1 Å². The lowest BCUT2D eigenvalue weighted by Crippen LogP contribution is -2.13. The topological polar surface area (TPSA) is 35.2 Å². The molecule has 0 saturated heterocycles. The maximum Gasteiger partial charge on any atom is 0.137 e. The highest BCUT2D eigenvalue weighted by Gasteiger charge is 2.11. The van der Waals surface area contributed by atoms with Gasteiger partial charge < -0.3 is 10.5 Å². The third-order valence-electron chi connectivity index (χ3n) is 3.00. The lowest BCUT2D eigenvalue weighted by molar-refractivity contribution is 0.414. The van der Waals surface area contributed by atoms with Crippen molar-refractivity contribution in [2.24, 2.45) is 5.73 Å². The van der Waals surface area contributed by atoms with Crippen LogP contribution in [-0.4, -0.2) is 7.11 Å². The molecule has 0 aliphatic heterocycles. The Labute approximate surface area is 123 Å². The molecular weight excluding hydrogens is 281 g/mol. The fourth-order valence-electron chi connectivity index (χ4n) is 1.93. The molecule has 4 heteroatoms. The lowest BCUT2D eigenvalue weighted by Gasteiger charge is -2.14. The predicted molar refractivity (Wildman–Crippen MR) is 80.1 cm³/mol. The Bertz CT molecular complexity index is 572. The number of nitrogens with two attached hydrogens (primary N) is 1. The molecule has 2 rings (SSSR count). The van der Waals surface area contributed by atoms with E-state index in [9.17, 15) is 0 Å². The summed E-state index contributed by atoms with van der Waals surface area (Å²) in [4.78, 5) is 0. The van der Waals surface area contributed by atoms with Crippen molar-refractivity contribution in [1.82, 2.24) is 0 Å². The van der Waals surface area contributed by atoms with Crippen molar-refractivity contribution in [2.75, 3.05) is 7.11 Å². The van der Waals surface area contributed by atoms with Crippen LogP contribution >= 0.6 is 23.2 Å². The molecule has 2 nitrogen and oxygen atoms in total. The minimum Gasteiger partial charge on any atom is -0.495 e. The number of methoxy groups -OCH3 is 1. The lowest BCUT2D eigenvalue weighted by atomic mass is 9.99. The van der Waals surface area contributed by atoms with E-state index in [0.29, 0.717) is 17.2 Å². The maximum atomic E-state index is 6.20. The van der Waals surface area contributed by atoms with Crippen molar-refractivity contribution >= 4 is 23.2 Å². The van der Waals surface area contributed by atoms with Crippen molar-refractivity contribution in [2.45, 2.75) is 12.5 Å². The highest BCUT2D eigenvalue weighted by Crippen LogP contribution is 2.29. The van der Waals surface area contributed by atoms with Gasteiger partial charge in [-0.25, -0.2) is 0 Å². The van der Waals surface area contributed by atoms with Crippen molar-refractivity contribution in [1.29, 1.82) is 0 Å². The van der Waals surface area contributed by atoms with E-state index in [1.165, 1.54) is 0 Å². The molecule has 2 aromatic rings. The number of benzene rings is 2. The van der Waals surface area contributed by atoms with Crippen molar-refractivity contribution in [3.8, 4) is 5.75 Å². The van der Waals surface area contributed by atoms with Gasteiger partial charge in [0.25, 0.3) is 0 Å². The maximum absolute atomic E-state index is 6.20. The molecule has 0 fully saturated rings. The second-order valence-corrected chi connectivity index (χ2v) is 5.11. The number of rotatable bonds is 4. The molecule has 1 atom stereocenters. The second-order valence-electron chi connectivity index (χ2n) is 4.30. The van der Waals surface area contributed by atoms with E-state index < -0.39 is 0 Å². The molecule has 2 aromatic carbocycles. The minimum atomic E-state index is -0.150. The Balaban J connectivity index is 2.18. The van der Waals surface area contributed by atoms with E-state index in [1.54, 1.807) is 7.11 Å². The summed E-state index contributed by atoms with van der Waals surface area (Å²) in [6.07, 6.45) is 0.669. The molecule has 0 heterocycles. The number of halogens is 2. The van der Waals surface area contributed by atoms with Gasteiger partial charge >= 0.3 is 0 Å². The Morgan fingerprint density at radius 1 is 1.11 bits per heavy atom. The minimum absolute atomic E-state index is 0.150. The fraction of sp³-hybridized carbons (Fsp3) is 0.200. The van der Waals surface area contributed by atoms with Crippen molar-refractivity contribution in [3.63, 3.8) is 0 Å². The first-order valence-corrected chi connectivity index (χ1v) is 6.70. The second kappa shape index (κ2) is 6.29. The zero-order chi connectivity index (χ0) is 13.8. The molecule has 0 aromatic heterocycles. The van der Waals surface area contributed by atoms with Gasteiger partial charge in [-0.3, -0.25) is 0 Å². The van der Waals surface area contributed by atoms with Gasteiger partial charge in [0, 0.05) is 11.1 Å². The summed E-state index contributed by atoms with van der Waals surface area (Å²) < 4.78 is 5.12. The summed E-state index contributed by atoms with van der Waals surface area (Å²) in [5.41, 5.74) is 8.19. The molecule has 1 unspecified atom stereocenters. The van der Waals surface area contributed by atoms with Crippen LogP contribution in [0.2, 0.25) is 10.0 Å². The smallest absolute Gasteiger partial charge is 0.137 e. The Morgan fingerprint density at radius 3 is 2.47 bits per heavy atom. The van der Waals surface area contributed by atoms with E-state index in [2.05, 4.69) is 0 Å². The summed E-state index contributed by atoms with van der Waals surface area (Å²) in [7, 11) is 1.59.